The molecule has 1 aromatic heterocycles. The molecule has 1 aliphatic heterocycles. The fourth-order valence-corrected chi connectivity index (χ4v) is 3.91. The fourth-order valence-electron chi connectivity index (χ4n) is 3.91. The van der Waals surface area contributed by atoms with Crippen molar-refractivity contribution >= 4 is 6.16 Å². The molecule has 3 rings (SSSR count). The highest BCUT2D eigenvalue weighted by molar-refractivity contribution is 5.56. The van der Waals surface area contributed by atoms with Gasteiger partial charge in [0.05, 0.1) is 18.3 Å². The predicted molar refractivity (Wildman–Crippen MR) is 121 cm³/mol. The summed E-state index contributed by atoms with van der Waals surface area (Å²) in [7, 11) is 0. The highest BCUT2D eigenvalue weighted by Gasteiger charge is 2.32. The Kier molecular flexibility index (Phi) is 8.20. The molecule has 1 fully saturated rings. The van der Waals surface area contributed by atoms with Crippen LogP contribution < -0.4 is 9.47 Å². The Morgan fingerprint density at radius 3 is 2.52 bits per heavy atom. The summed E-state index contributed by atoms with van der Waals surface area (Å²) >= 11 is 0. The predicted octanol–water partition coefficient (Wildman–Crippen LogP) is 4.09. The molecule has 1 aliphatic rings. The van der Waals surface area contributed by atoms with Gasteiger partial charge < -0.3 is 29.2 Å². The number of carbonyl (C=O) groups is 1. The fraction of sp³-hybridized carbons (Fsp3) is 0.583. The van der Waals surface area contributed by atoms with Crippen LogP contribution in [-0.4, -0.2) is 57.4 Å². The largest absolute Gasteiger partial charge is 0.505 e. The van der Waals surface area contributed by atoms with E-state index in [1.165, 1.54) is 0 Å². The summed E-state index contributed by atoms with van der Waals surface area (Å²) in [4.78, 5) is 10.7. The molecule has 3 atom stereocenters. The number of rotatable bonds is 9. The first kappa shape index (κ1) is 24.9. The summed E-state index contributed by atoms with van der Waals surface area (Å²) in [5.41, 5.74) is 3.01. The van der Waals surface area contributed by atoms with Gasteiger partial charge in [0.25, 0.3) is 0 Å². The van der Waals surface area contributed by atoms with Gasteiger partial charge in [0.1, 0.15) is 12.4 Å². The average Bonchev–Trinajstić information content (AvgIpc) is 3.03. The first-order chi connectivity index (χ1) is 15.6. The zero-order chi connectivity index (χ0) is 24.1. The molecule has 9 heteroatoms. The van der Waals surface area contributed by atoms with Crippen LogP contribution in [-0.2, 0) is 15.9 Å². The number of hydrogen-bond donors (Lipinski definition) is 2. The molecule has 33 heavy (non-hydrogen) atoms. The molecule has 0 unspecified atom stereocenters. The Hall–Kier alpha value is -2.78. The third-order valence-electron chi connectivity index (χ3n) is 5.38. The van der Waals surface area contributed by atoms with E-state index < -0.39 is 24.7 Å². The van der Waals surface area contributed by atoms with E-state index in [9.17, 15) is 9.90 Å². The second-order valence-corrected chi connectivity index (χ2v) is 8.90. The van der Waals surface area contributed by atoms with Gasteiger partial charge in [-0.3, -0.25) is 4.68 Å². The van der Waals surface area contributed by atoms with E-state index in [2.05, 4.69) is 9.84 Å². The topological polar surface area (TPSA) is 112 Å². The third-order valence-corrected chi connectivity index (χ3v) is 5.38. The smallest absolute Gasteiger partial charge is 0.491 e. The number of hydrogen-bond acceptors (Lipinski definition) is 7. The zero-order valence-corrected chi connectivity index (χ0v) is 19.9. The minimum Gasteiger partial charge on any atom is -0.491 e. The Morgan fingerprint density at radius 1 is 1.21 bits per heavy atom. The highest BCUT2D eigenvalue weighted by atomic mass is 16.7. The van der Waals surface area contributed by atoms with Gasteiger partial charge in [-0.15, -0.1) is 5.10 Å². The van der Waals surface area contributed by atoms with Crippen molar-refractivity contribution < 1.29 is 34.0 Å². The molecule has 0 amide bonds. The zero-order valence-electron chi connectivity index (χ0n) is 19.9. The lowest BCUT2D eigenvalue weighted by Crippen LogP contribution is -2.41. The molecule has 9 nitrogen and oxygen atoms in total. The van der Waals surface area contributed by atoms with E-state index in [4.69, 9.17) is 19.3 Å². The Bertz CT molecular complexity index is 924. The lowest BCUT2D eigenvalue weighted by atomic mass is 10.0. The molecule has 0 aliphatic carbocycles. The third kappa shape index (κ3) is 6.85. The van der Waals surface area contributed by atoms with Crippen molar-refractivity contribution in [3.05, 3.63) is 41.1 Å². The van der Waals surface area contributed by atoms with Crippen molar-refractivity contribution in [2.75, 3.05) is 6.61 Å². The van der Waals surface area contributed by atoms with Crippen molar-refractivity contribution in [1.82, 2.24) is 9.78 Å². The quantitative estimate of drug-likeness (QED) is 0.536. The van der Waals surface area contributed by atoms with Crippen LogP contribution in [0.2, 0.25) is 0 Å². The van der Waals surface area contributed by atoms with Gasteiger partial charge in [0, 0.05) is 36.6 Å². The molecule has 0 spiro atoms. The molecule has 182 valence electrons. The summed E-state index contributed by atoms with van der Waals surface area (Å²) in [6, 6.07) is 8.08. The van der Waals surface area contributed by atoms with Crippen LogP contribution in [0.3, 0.4) is 0 Å². The van der Waals surface area contributed by atoms with Crippen LogP contribution in [0.1, 0.15) is 63.4 Å². The summed E-state index contributed by atoms with van der Waals surface area (Å²) in [5, 5.41) is 23.6. The number of ether oxygens (including phenoxy) is 4. The number of nitrogens with zero attached hydrogens (tertiary/aromatic N) is 2. The lowest BCUT2D eigenvalue weighted by Gasteiger charge is -2.32. The molecule has 0 saturated carbocycles. The second kappa shape index (κ2) is 10.9. The van der Waals surface area contributed by atoms with E-state index in [0.717, 1.165) is 22.6 Å². The monoisotopic (exact) mass is 462 g/mol. The van der Waals surface area contributed by atoms with E-state index >= 15 is 0 Å². The minimum absolute atomic E-state index is 0.109. The standard InChI is InChI=1S/C24H34N2O7/c1-14(2)26-16(5)21(10-17-6-8-19(9-7-17)31-15(3)4)23(25-26)33-22-12-18(27)11-20(32-22)13-30-24(28)29/h6-9,14-15,18,20,22,27H,10-13H2,1-5H3,(H,28,29)/t18-,20-,22-/m0/s1. The second-order valence-electron chi connectivity index (χ2n) is 8.90. The van der Waals surface area contributed by atoms with Crippen LogP contribution >= 0.6 is 0 Å². The van der Waals surface area contributed by atoms with Gasteiger partial charge in [-0.2, -0.15) is 0 Å². The number of aromatic nitrogens is 2. The first-order valence-corrected chi connectivity index (χ1v) is 11.3. The van der Waals surface area contributed by atoms with Crippen molar-refractivity contribution in [1.29, 1.82) is 0 Å². The maximum atomic E-state index is 10.7. The normalized spacial score (nSPS) is 20.8. The van der Waals surface area contributed by atoms with Crippen LogP contribution in [0.25, 0.3) is 0 Å². The van der Waals surface area contributed by atoms with E-state index in [0.29, 0.717) is 12.3 Å². The Balaban J connectivity index is 1.78. The summed E-state index contributed by atoms with van der Waals surface area (Å²) in [6.07, 6.45) is -2.14. The molecular formula is C24H34N2O7. The number of carboxylic acid groups (broad SMARTS) is 1. The maximum absolute atomic E-state index is 10.7. The molecule has 1 saturated heterocycles. The van der Waals surface area contributed by atoms with Gasteiger partial charge >= 0.3 is 6.16 Å². The van der Waals surface area contributed by atoms with Crippen LogP contribution in [0.15, 0.2) is 24.3 Å². The highest BCUT2D eigenvalue weighted by Crippen LogP contribution is 2.30. The molecule has 2 aromatic rings. The summed E-state index contributed by atoms with van der Waals surface area (Å²) in [6.45, 7) is 9.92. The molecule has 1 aromatic carbocycles. The molecular weight excluding hydrogens is 428 g/mol. The SMILES string of the molecule is Cc1c(Cc2ccc(OC(C)C)cc2)c(O[C@H]2C[C@@H](O)C[C@@H](COC(=O)O)O2)nn1C(C)C. The lowest BCUT2D eigenvalue weighted by molar-refractivity contribution is -0.187. The molecule has 0 bridgehead atoms. The summed E-state index contributed by atoms with van der Waals surface area (Å²) in [5.74, 6) is 1.26. The van der Waals surface area contributed by atoms with Gasteiger partial charge in [-0.25, -0.2) is 4.79 Å². The first-order valence-electron chi connectivity index (χ1n) is 11.3. The molecule has 2 N–H and O–H groups in total. The van der Waals surface area contributed by atoms with Gasteiger partial charge in [0.15, 0.2) is 0 Å². The van der Waals surface area contributed by atoms with Gasteiger partial charge in [-0.05, 0) is 52.3 Å². The number of aliphatic hydroxyl groups excluding tert-OH is 1. The van der Waals surface area contributed by atoms with E-state index in [1.54, 1.807) is 0 Å². The van der Waals surface area contributed by atoms with Crippen LogP contribution in [0.5, 0.6) is 11.6 Å². The van der Waals surface area contributed by atoms with Gasteiger partial charge in [-0.1, -0.05) is 12.1 Å². The Labute approximate surface area is 194 Å². The van der Waals surface area contributed by atoms with E-state index in [1.807, 2.05) is 63.6 Å². The van der Waals surface area contributed by atoms with Crippen LogP contribution in [0, 0.1) is 6.92 Å². The van der Waals surface area contributed by atoms with Crippen molar-refractivity contribution in [3.63, 3.8) is 0 Å². The number of benzene rings is 1. The number of aliphatic hydroxyl groups is 1. The minimum atomic E-state index is -1.38. The van der Waals surface area contributed by atoms with Crippen LogP contribution in [0.4, 0.5) is 4.79 Å². The maximum Gasteiger partial charge on any atom is 0.505 e. The van der Waals surface area contributed by atoms with Crippen molar-refractivity contribution in [2.45, 2.75) is 84.5 Å². The molecule has 0 radical (unpaired) electrons. The van der Waals surface area contributed by atoms with E-state index in [-0.39, 0.29) is 31.6 Å². The van der Waals surface area contributed by atoms with Gasteiger partial charge in [0.2, 0.25) is 12.2 Å². The van der Waals surface area contributed by atoms with Crippen molar-refractivity contribution in [3.8, 4) is 11.6 Å². The van der Waals surface area contributed by atoms with Crippen molar-refractivity contribution in [2.24, 2.45) is 0 Å². The molecule has 2 heterocycles. The average molecular weight is 463 g/mol. The summed E-state index contributed by atoms with van der Waals surface area (Å²) < 4.78 is 24.2. The Morgan fingerprint density at radius 2 is 1.91 bits per heavy atom.